The first-order valence-corrected chi connectivity index (χ1v) is 7.72. The minimum Gasteiger partial charge on any atom is -0.497 e. The van der Waals surface area contributed by atoms with Gasteiger partial charge < -0.3 is 14.7 Å². The first-order chi connectivity index (χ1) is 11.1. The zero-order valence-electron chi connectivity index (χ0n) is 13.7. The number of benzene rings is 2. The van der Waals surface area contributed by atoms with Crippen LogP contribution >= 0.6 is 0 Å². The number of aryl methyl sites for hydroxylation is 1. The van der Waals surface area contributed by atoms with E-state index in [1.165, 1.54) is 5.56 Å². The molecule has 0 atom stereocenters. The van der Waals surface area contributed by atoms with E-state index in [9.17, 15) is 4.79 Å². The van der Waals surface area contributed by atoms with Gasteiger partial charge in [0.25, 0.3) is 0 Å². The lowest BCUT2D eigenvalue weighted by Gasteiger charge is -2.16. The molecule has 122 valence electrons. The summed E-state index contributed by atoms with van der Waals surface area (Å²) in [6.07, 6.45) is 2.11. The molecule has 0 heterocycles. The van der Waals surface area contributed by atoms with Gasteiger partial charge in [0.2, 0.25) is 0 Å². The predicted octanol–water partition coefficient (Wildman–Crippen LogP) is 3.46. The van der Waals surface area contributed by atoms with Crippen molar-refractivity contribution in [2.75, 3.05) is 20.7 Å². The van der Waals surface area contributed by atoms with Crippen LogP contribution in [-0.2, 0) is 13.0 Å². The highest BCUT2D eigenvalue weighted by Crippen LogP contribution is 2.13. The Hall–Kier alpha value is -2.33. The van der Waals surface area contributed by atoms with E-state index in [2.05, 4.69) is 24.1 Å². The molecule has 0 fully saturated rings. The van der Waals surface area contributed by atoms with Crippen LogP contribution in [0, 0.1) is 0 Å². The fourth-order valence-corrected chi connectivity index (χ4v) is 2.49. The number of carboxylic acids is 1. The van der Waals surface area contributed by atoms with E-state index in [0.717, 1.165) is 37.2 Å². The van der Waals surface area contributed by atoms with Gasteiger partial charge in [-0.05, 0) is 61.8 Å². The highest BCUT2D eigenvalue weighted by Gasteiger charge is 2.04. The quantitative estimate of drug-likeness (QED) is 0.811. The Bertz CT molecular complexity index is 620. The maximum atomic E-state index is 10.8. The summed E-state index contributed by atoms with van der Waals surface area (Å²) >= 11 is 0. The van der Waals surface area contributed by atoms with Crippen molar-refractivity contribution in [1.82, 2.24) is 4.90 Å². The van der Waals surface area contributed by atoms with E-state index in [0.29, 0.717) is 5.56 Å². The second kappa shape index (κ2) is 8.34. The fourth-order valence-electron chi connectivity index (χ4n) is 2.49. The average Bonchev–Trinajstić information content (AvgIpc) is 2.56. The molecular formula is C19H23NO3. The molecule has 2 aromatic rings. The van der Waals surface area contributed by atoms with Gasteiger partial charge in [-0.15, -0.1) is 0 Å². The molecule has 0 unspecified atom stereocenters. The van der Waals surface area contributed by atoms with Crippen molar-refractivity contribution >= 4 is 5.97 Å². The van der Waals surface area contributed by atoms with Gasteiger partial charge in [0, 0.05) is 6.54 Å². The molecule has 1 N–H and O–H groups in total. The number of carboxylic acid groups (broad SMARTS) is 1. The molecule has 0 radical (unpaired) electrons. The summed E-state index contributed by atoms with van der Waals surface area (Å²) in [7, 11) is 3.76. The van der Waals surface area contributed by atoms with Gasteiger partial charge in [0.1, 0.15) is 5.75 Å². The van der Waals surface area contributed by atoms with Crippen molar-refractivity contribution in [2.45, 2.75) is 19.4 Å². The molecule has 0 saturated carbocycles. The number of methoxy groups -OCH3 is 1. The van der Waals surface area contributed by atoms with Crippen LogP contribution < -0.4 is 4.74 Å². The minimum absolute atomic E-state index is 0.330. The number of nitrogens with zero attached hydrogens (tertiary/aromatic N) is 1. The molecule has 0 spiro atoms. The Morgan fingerprint density at radius 3 is 2.22 bits per heavy atom. The molecule has 0 bridgehead atoms. The molecule has 23 heavy (non-hydrogen) atoms. The van der Waals surface area contributed by atoms with E-state index in [4.69, 9.17) is 9.84 Å². The Morgan fingerprint density at radius 2 is 1.65 bits per heavy atom. The van der Waals surface area contributed by atoms with Gasteiger partial charge in [-0.3, -0.25) is 0 Å². The summed E-state index contributed by atoms with van der Waals surface area (Å²) in [5, 5.41) is 8.90. The van der Waals surface area contributed by atoms with Crippen molar-refractivity contribution in [2.24, 2.45) is 0 Å². The van der Waals surface area contributed by atoms with E-state index >= 15 is 0 Å². The molecule has 0 aliphatic heterocycles. The van der Waals surface area contributed by atoms with E-state index in [1.54, 1.807) is 19.2 Å². The van der Waals surface area contributed by atoms with Crippen molar-refractivity contribution in [1.29, 1.82) is 0 Å². The molecule has 0 aromatic heterocycles. The summed E-state index contributed by atoms with van der Waals surface area (Å²) < 4.78 is 5.16. The van der Waals surface area contributed by atoms with Crippen LogP contribution in [0.2, 0.25) is 0 Å². The van der Waals surface area contributed by atoms with Crippen LogP contribution in [0.4, 0.5) is 0 Å². The lowest BCUT2D eigenvalue weighted by Crippen LogP contribution is -2.19. The number of rotatable bonds is 8. The van der Waals surface area contributed by atoms with Crippen LogP contribution in [0.15, 0.2) is 48.5 Å². The SMILES string of the molecule is COc1ccc(CCCN(C)Cc2ccc(C(=O)O)cc2)cc1. The topological polar surface area (TPSA) is 49.8 Å². The third kappa shape index (κ3) is 5.42. The van der Waals surface area contributed by atoms with Crippen molar-refractivity contribution in [3.05, 3.63) is 65.2 Å². The number of aromatic carboxylic acids is 1. The highest BCUT2D eigenvalue weighted by molar-refractivity contribution is 5.87. The van der Waals surface area contributed by atoms with Gasteiger partial charge in [0.15, 0.2) is 0 Å². The second-order valence-corrected chi connectivity index (χ2v) is 5.69. The van der Waals surface area contributed by atoms with Crippen molar-refractivity contribution in [3.8, 4) is 5.75 Å². The lowest BCUT2D eigenvalue weighted by atomic mass is 10.1. The molecule has 0 aliphatic carbocycles. The Kier molecular flexibility index (Phi) is 6.18. The summed E-state index contributed by atoms with van der Waals surface area (Å²) in [6, 6.07) is 15.2. The Balaban J connectivity index is 1.75. The number of ether oxygens (including phenoxy) is 1. The average molecular weight is 313 g/mol. The van der Waals surface area contributed by atoms with E-state index in [-0.39, 0.29) is 0 Å². The first-order valence-electron chi connectivity index (χ1n) is 7.72. The standard InChI is InChI=1S/C19H23NO3/c1-20(14-16-5-9-17(10-6-16)19(21)22)13-3-4-15-7-11-18(23-2)12-8-15/h5-12H,3-4,13-14H2,1-2H3,(H,21,22). The van der Waals surface area contributed by atoms with Crippen LogP contribution in [0.25, 0.3) is 0 Å². The Morgan fingerprint density at radius 1 is 1.04 bits per heavy atom. The van der Waals surface area contributed by atoms with Gasteiger partial charge >= 0.3 is 5.97 Å². The molecular weight excluding hydrogens is 290 g/mol. The first kappa shape index (κ1) is 17.0. The molecule has 4 nitrogen and oxygen atoms in total. The van der Waals surface area contributed by atoms with Gasteiger partial charge in [-0.25, -0.2) is 4.79 Å². The maximum absolute atomic E-state index is 10.8. The number of hydrogen-bond acceptors (Lipinski definition) is 3. The van der Waals surface area contributed by atoms with E-state index < -0.39 is 5.97 Å². The normalized spacial score (nSPS) is 10.7. The summed E-state index contributed by atoms with van der Waals surface area (Å²) in [5.41, 5.74) is 2.77. The second-order valence-electron chi connectivity index (χ2n) is 5.69. The molecule has 0 saturated heterocycles. The summed E-state index contributed by atoms with van der Waals surface area (Å²) in [5.74, 6) is 0.0000667. The molecule has 0 aliphatic rings. The monoisotopic (exact) mass is 313 g/mol. The summed E-state index contributed by atoms with van der Waals surface area (Å²) in [6.45, 7) is 1.81. The fraction of sp³-hybridized carbons (Fsp3) is 0.316. The summed E-state index contributed by atoms with van der Waals surface area (Å²) in [4.78, 5) is 13.1. The third-order valence-corrected chi connectivity index (χ3v) is 3.82. The van der Waals surface area contributed by atoms with Gasteiger partial charge in [-0.1, -0.05) is 24.3 Å². The molecule has 4 heteroatoms. The largest absolute Gasteiger partial charge is 0.497 e. The zero-order valence-corrected chi connectivity index (χ0v) is 13.7. The third-order valence-electron chi connectivity index (χ3n) is 3.82. The zero-order chi connectivity index (χ0) is 16.7. The smallest absolute Gasteiger partial charge is 0.335 e. The molecule has 2 rings (SSSR count). The van der Waals surface area contributed by atoms with Crippen molar-refractivity contribution < 1.29 is 14.6 Å². The van der Waals surface area contributed by atoms with Crippen molar-refractivity contribution in [3.63, 3.8) is 0 Å². The lowest BCUT2D eigenvalue weighted by molar-refractivity contribution is 0.0697. The van der Waals surface area contributed by atoms with Crippen LogP contribution in [-0.4, -0.2) is 36.7 Å². The van der Waals surface area contributed by atoms with Gasteiger partial charge in [0.05, 0.1) is 12.7 Å². The van der Waals surface area contributed by atoms with Crippen LogP contribution in [0.1, 0.15) is 27.9 Å². The van der Waals surface area contributed by atoms with Gasteiger partial charge in [-0.2, -0.15) is 0 Å². The van der Waals surface area contributed by atoms with Crippen LogP contribution in [0.3, 0.4) is 0 Å². The molecule has 2 aromatic carbocycles. The highest BCUT2D eigenvalue weighted by atomic mass is 16.5. The molecule has 0 amide bonds. The number of carbonyl (C=O) groups is 1. The van der Waals surface area contributed by atoms with E-state index in [1.807, 2.05) is 24.3 Å². The van der Waals surface area contributed by atoms with Crippen LogP contribution in [0.5, 0.6) is 5.75 Å². The maximum Gasteiger partial charge on any atom is 0.335 e. The number of hydrogen-bond donors (Lipinski definition) is 1. The Labute approximate surface area is 137 Å². The predicted molar refractivity (Wildman–Crippen MR) is 91.1 cm³/mol. The minimum atomic E-state index is -0.885.